The highest BCUT2D eigenvalue weighted by Gasteiger charge is 2.26. The number of benzene rings is 10. The monoisotopic (exact) mass is 820 g/mol. The SMILES string of the molecule is c1ccc(-c2ccccc2-c2c(-c3ccccc3)cccc2N(c2ccc(-c3ccc4sc5ccccc5c4c3)cc2)c2cccc3c2c2ccccc2n3-c2ccccc2)cc1. The van der Waals surface area contributed by atoms with E-state index in [2.05, 4.69) is 252 Å². The molecule has 2 heterocycles. The molecule has 0 aliphatic rings. The van der Waals surface area contributed by atoms with E-state index in [0.717, 1.165) is 28.3 Å². The first-order valence-electron chi connectivity index (χ1n) is 21.5. The second-order valence-electron chi connectivity index (χ2n) is 16.0. The smallest absolute Gasteiger partial charge is 0.0562 e. The van der Waals surface area contributed by atoms with Crippen LogP contribution in [-0.2, 0) is 0 Å². The molecule has 0 spiro atoms. The number of anilines is 3. The summed E-state index contributed by atoms with van der Waals surface area (Å²) in [6.07, 6.45) is 0. The van der Waals surface area contributed by atoms with Crippen molar-refractivity contribution in [2.24, 2.45) is 0 Å². The van der Waals surface area contributed by atoms with Crippen LogP contribution < -0.4 is 4.90 Å². The molecule has 0 aliphatic heterocycles. The first-order chi connectivity index (χ1) is 31.3. The van der Waals surface area contributed by atoms with Gasteiger partial charge < -0.3 is 9.47 Å². The van der Waals surface area contributed by atoms with E-state index in [1.165, 1.54) is 81.0 Å². The molecule has 2 aromatic heterocycles. The Balaban J connectivity index is 1.14. The molecule has 3 heteroatoms. The average molecular weight is 821 g/mol. The minimum Gasteiger partial charge on any atom is -0.309 e. The Morgan fingerprint density at radius 2 is 0.889 bits per heavy atom. The van der Waals surface area contributed by atoms with Crippen LogP contribution in [0.25, 0.3) is 92.2 Å². The van der Waals surface area contributed by atoms with Crippen LogP contribution in [0.3, 0.4) is 0 Å². The van der Waals surface area contributed by atoms with Crippen molar-refractivity contribution in [3.05, 3.63) is 243 Å². The van der Waals surface area contributed by atoms with E-state index in [1.54, 1.807) is 0 Å². The van der Waals surface area contributed by atoms with E-state index < -0.39 is 0 Å². The highest BCUT2D eigenvalue weighted by molar-refractivity contribution is 7.25. The van der Waals surface area contributed by atoms with Gasteiger partial charge in [0.2, 0.25) is 0 Å². The van der Waals surface area contributed by atoms with Gasteiger partial charge in [0.15, 0.2) is 0 Å². The summed E-state index contributed by atoms with van der Waals surface area (Å²) in [6.45, 7) is 0. The van der Waals surface area contributed by atoms with Crippen molar-refractivity contribution in [3.8, 4) is 50.2 Å². The van der Waals surface area contributed by atoms with Gasteiger partial charge in [0, 0.05) is 47.9 Å². The van der Waals surface area contributed by atoms with Gasteiger partial charge in [-0.2, -0.15) is 0 Å². The molecule has 12 aromatic rings. The number of nitrogens with zero attached hydrogens (tertiary/aromatic N) is 2. The van der Waals surface area contributed by atoms with Crippen LogP contribution in [0.1, 0.15) is 0 Å². The maximum absolute atomic E-state index is 2.51. The van der Waals surface area contributed by atoms with Crippen LogP contribution in [0.4, 0.5) is 17.1 Å². The molecule has 0 saturated carbocycles. The highest BCUT2D eigenvalue weighted by atomic mass is 32.1. The van der Waals surface area contributed by atoms with E-state index in [1.807, 2.05) is 11.3 Å². The predicted molar refractivity (Wildman–Crippen MR) is 270 cm³/mol. The molecular formula is C60H40N2S. The van der Waals surface area contributed by atoms with E-state index in [4.69, 9.17) is 0 Å². The Kier molecular flexibility index (Phi) is 9.06. The number of hydrogen-bond donors (Lipinski definition) is 0. The van der Waals surface area contributed by atoms with Crippen molar-refractivity contribution < 1.29 is 0 Å². The average Bonchev–Trinajstić information content (AvgIpc) is 3.91. The summed E-state index contributed by atoms with van der Waals surface area (Å²) in [4.78, 5) is 2.51. The summed E-state index contributed by atoms with van der Waals surface area (Å²) in [7, 11) is 0. The number of para-hydroxylation sites is 2. The third kappa shape index (κ3) is 6.33. The van der Waals surface area contributed by atoms with E-state index >= 15 is 0 Å². The van der Waals surface area contributed by atoms with E-state index in [9.17, 15) is 0 Å². The van der Waals surface area contributed by atoms with Crippen molar-refractivity contribution in [1.82, 2.24) is 4.57 Å². The molecule has 0 amide bonds. The van der Waals surface area contributed by atoms with Gasteiger partial charge in [-0.25, -0.2) is 0 Å². The molecule has 0 bridgehead atoms. The molecule has 2 nitrogen and oxygen atoms in total. The van der Waals surface area contributed by atoms with Crippen molar-refractivity contribution >= 4 is 70.4 Å². The molecule has 296 valence electrons. The minimum atomic E-state index is 1.08. The largest absolute Gasteiger partial charge is 0.309 e. The Bertz CT molecular complexity index is 3600. The molecule has 10 aromatic carbocycles. The fraction of sp³-hybridized carbons (Fsp3) is 0. The molecule has 63 heavy (non-hydrogen) atoms. The zero-order valence-corrected chi connectivity index (χ0v) is 35.2. The summed E-state index contributed by atoms with van der Waals surface area (Å²) in [5.41, 5.74) is 16.2. The standard InChI is InChI=1S/C60H40N2S/c1-4-18-42(19-5-1)47-24-10-11-26-50(47)59-48(43-20-6-2-7-21-43)28-16-30-54(59)62(46-37-34-41(35-38-46)44-36-39-58-52(40-44)49-25-13-15-33-57(49)63-58)56-32-17-31-55-60(56)51-27-12-14-29-53(51)61(55)45-22-8-3-9-23-45/h1-40H. The molecular weight excluding hydrogens is 781 g/mol. The van der Waals surface area contributed by atoms with Gasteiger partial charge in [0.05, 0.1) is 22.4 Å². The lowest BCUT2D eigenvalue weighted by atomic mass is 9.87. The number of aromatic nitrogens is 1. The van der Waals surface area contributed by atoms with Crippen molar-refractivity contribution in [2.45, 2.75) is 0 Å². The second-order valence-corrected chi connectivity index (χ2v) is 17.1. The molecule has 12 rings (SSSR count). The van der Waals surface area contributed by atoms with Gasteiger partial charge in [0.1, 0.15) is 0 Å². The van der Waals surface area contributed by atoms with Crippen LogP contribution in [0, 0.1) is 0 Å². The van der Waals surface area contributed by atoms with E-state index in [0.29, 0.717) is 0 Å². The number of fused-ring (bicyclic) bond motifs is 6. The quantitative estimate of drug-likeness (QED) is 0.148. The van der Waals surface area contributed by atoms with Crippen LogP contribution >= 0.6 is 11.3 Å². The van der Waals surface area contributed by atoms with Crippen molar-refractivity contribution in [2.75, 3.05) is 4.90 Å². The lowest BCUT2D eigenvalue weighted by Crippen LogP contribution is -2.12. The molecule has 0 radical (unpaired) electrons. The zero-order chi connectivity index (χ0) is 41.7. The van der Waals surface area contributed by atoms with Gasteiger partial charge in [-0.1, -0.05) is 176 Å². The summed E-state index contributed by atoms with van der Waals surface area (Å²) in [6, 6.07) is 88.5. The van der Waals surface area contributed by atoms with Gasteiger partial charge in [-0.05, 0) is 106 Å². The lowest BCUT2D eigenvalue weighted by molar-refractivity contribution is 1.18. The summed E-state index contributed by atoms with van der Waals surface area (Å²) < 4.78 is 5.04. The van der Waals surface area contributed by atoms with Crippen LogP contribution in [0.5, 0.6) is 0 Å². The van der Waals surface area contributed by atoms with Crippen molar-refractivity contribution in [3.63, 3.8) is 0 Å². The number of thiophene rings is 1. The molecule has 0 aliphatic carbocycles. The van der Waals surface area contributed by atoms with E-state index in [-0.39, 0.29) is 0 Å². The van der Waals surface area contributed by atoms with Gasteiger partial charge >= 0.3 is 0 Å². The zero-order valence-electron chi connectivity index (χ0n) is 34.4. The maximum Gasteiger partial charge on any atom is 0.0562 e. The van der Waals surface area contributed by atoms with Gasteiger partial charge in [-0.15, -0.1) is 11.3 Å². The second kappa shape index (κ2) is 15.5. The third-order valence-corrected chi connectivity index (χ3v) is 13.6. The Hall–Kier alpha value is -7.98. The van der Waals surface area contributed by atoms with Gasteiger partial charge in [-0.3, -0.25) is 0 Å². The Labute approximate surface area is 370 Å². The number of hydrogen-bond acceptors (Lipinski definition) is 2. The fourth-order valence-corrected chi connectivity index (χ4v) is 10.7. The molecule has 0 saturated heterocycles. The first kappa shape index (κ1) is 36.8. The van der Waals surface area contributed by atoms with Gasteiger partial charge in [0.25, 0.3) is 0 Å². The molecule has 0 N–H and O–H groups in total. The van der Waals surface area contributed by atoms with Crippen LogP contribution in [0.2, 0.25) is 0 Å². The molecule has 0 fully saturated rings. The van der Waals surface area contributed by atoms with Crippen molar-refractivity contribution in [1.29, 1.82) is 0 Å². The maximum atomic E-state index is 2.51. The summed E-state index contributed by atoms with van der Waals surface area (Å²) in [5.74, 6) is 0. The van der Waals surface area contributed by atoms with Crippen LogP contribution in [-0.4, -0.2) is 4.57 Å². The fourth-order valence-electron chi connectivity index (χ4n) is 9.60. The highest BCUT2D eigenvalue weighted by Crippen LogP contribution is 2.51. The topological polar surface area (TPSA) is 8.17 Å². The Morgan fingerprint density at radius 3 is 1.67 bits per heavy atom. The summed E-state index contributed by atoms with van der Waals surface area (Å²) in [5, 5.41) is 5.02. The molecule has 0 atom stereocenters. The third-order valence-electron chi connectivity index (χ3n) is 12.4. The van der Waals surface area contributed by atoms with Crippen LogP contribution in [0.15, 0.2) is 243 Å². The molecule has 0 unspecified atom stereocenters. The minimum absolute atomic E-state index is 1.08. The Morgan fingerprint density at radius 1 is 0.333 bits per heavy atom. The first-order valence-corrected chi connectivity index (χ1v) is 22.3. The number of rotatable bonds is 8. The lowest BCUT2D eigenvalue weighted by Gasteiger charge is -2.30. The normalized spacial score (nSPS) is 11.5. The summed E-state index contributed by atoms with van der Waals surface area (Å²) >= 11 is 1.86. The predicted octanol–water partition coefficient (Wildman–Crippen LogP) is 17.3.